The summed E-state index contributed by atoms with van der Waals surface area (Å²) in [7, 11) is 0. The molecular formula is C21H25NO2. The summed E-state index contributed by atoms with van der Waals surface area (Å²) in [5.74, 6) is 0.545. The molecule has 0 aromatic heterocycles. The summed E-state index contributed by atoms with van der Waals surface area (Å²) in [6.45, 7) is 6.20. The van der Waals surface area contributed by atoms with Gasteiger partial charge in [0.1, 0.15) is 6.61 Å². The number of aryl methyl sites for hydroxylation is 2. The van der Waals surface area contributed by atoms with Gasteiger partial charge < -0.3 is 9.64 Å². The van der Waals surface area contributed by atoms with Crippen molar-refractivity contribution in [3.05, 3.63) is 70.8 Å². The van der Waals surface area contributed by atoms with E-state index in [1.54, 1.807) is 0 Å². The number of carbonyl (C=O) groups is 1. The van der Waals surface area contributed by atoms with Crippen LogP contribution in [0, 0.1) is 13.8 Å². The van der Waals surface area contributed by atoms with E-state index in [-0.39, 0.29) is 6.09 Å². The van der Waals surface area contributed by atoms with Gasteiger partial charge in [0.2, 0.25) is 0 Å². The predicted molar refractivity (Wildman–Crippen MR) is 96.1 cm³/mol. The predicted octanol–water partition coefficient (Wildman–Crippen LogP) is 4.82. The van der Waals surface area contributed by atoms with E-state index in [2.05, 4.69) is 32.0 Å². The Morgan fingerprint density at radius 2 is 1.79 bits per heavy atom. The first-order valence-electron chi connectivity index (χ1n) is 8.66. The Balaban J connectivity index is 1.53. The van der Waals surface area contributed by atoms with Crippen LogP contribution in [0.3, 0.4) is 0 Å². The lowest BCUT2D eigenvalue weighted by Gasteiger charge is -2.32. The van der Waals surface area contributed by atoms with E-state index in [1.807, 2.05) is 35.2 Å². The molecule has 2 aromatic rings. The maximum Gasteiger partial charge on any atom is 0.410 e. The Kier molecular flexibility index (Phi) is 5.19. The Morgan fingerprint density at radius 3 is 2.50 bits per heavy atom. The highest BCUT2D eigenvalue weighted by atomic mass is 16.6. The largest absolute Gasteiger partial charge is 0.445 e. The summed E-state index contributed by atoms with van der Waals surface area (Å²) in [6, 6.07) is 16.5. The molecule has 0 aliphatic carbocycles. The van der Waals surface area contributed by atoms with Crippen molar-refractivity contribution in [2.75, 3.05) is 13.1 Å². The molecule has 0 bridgehead atoms. The minimum absolute atomic E-state index is 0.196. The second-order valence-corrected chi connectivity index (χ2v) is 6.66. The number of hydrogen-bond donors (Lipinski definition) is 0. The molecular weight excluding hydrogens is 298 g/mol. The molecule has 0 unspecified atom stereocenters. The molecule has 0 spiro atoms. The average molecular weight is 323 g/mol. The molecule has 1 heterocycles. The highest BCUT2D eigenvalue weighted by Gasteiger charge is 2.25. The standard InChI is InChI=1S/C21H25NO2/c1-16-8-9-17(2)20(14-16)19-10-12-22(13-11-19)21(23)24-15-18-6-4-3-5-7-18/h3-9,14,19H,10-13,15H2,1-2H3. The minimum Gasteiger partial charge on any atom is -0.445 e. The average Bonchev–Trinajstić information content (AvgIpc) is 2.63. The van der Waals surface area contributed by atoms with E-state index < -0.39 is 0 Å². The van der Waals surface area contributed by atoms with Crippen LogP contribution in [0.25, 0.3) is 0 Å². The molecule has 0 N–H and O–H groups in total. The summed E-state index contributed by atoms with van der Waals surface area (Å²) < 4.78 is 5.44. The zero-order chi connectivity index (χ0) is 16.9. The van der Waals surface area contributed by atoms with Crippen molar-refractivity contribution in [2.45, 2.75) is 39.2 Å². The number of likely N-dealkylation sites (tertiary alicyclic amines) is 1. The van der Waals surface area contributed by atoms with Crippen LogP contribution in [-0.2, 0) is 11.3 Å². The molecule has 0 saturated carbocycles. The van der Waals surface area contributed by atoms with Crippen molar-refractivity contribution in [1.29, 1.82) is 0 Å². The number of ether oxygens (including phenoxy) is 1. The zero-order valence-corrected chi connectivity index (χ0v) is 14.5. The normalized spacial score (nSPS) is 15.3. The van der Waals surface area contributed by atoms with E-state index in [4.69, 9.17) is 4.74 Å². The van der Waals surface area contributed by atoms with Crippen LogP contribution in [0.15, 0.2) is 48.5 Å². The lowest BCUT2D eigenvalue weighted by Crippen LogP contribution is -2.38. The molecule has 0 atom stereocenters. The third-order valence-electron chi connectivity index (χ3n) is 4.83. The van der Waals surface area contributed by atoms with Gasteiger partial charge in [-0.3, -0.25) is 0 Å². The summed E-state index contributed by atoms with van der Waals surface area (Å²) in [4.78, 5) is 14.1. The number of carbonyl (C=O) groups excluding carboxylic acids is 1. The van der Waals surface area contributed by atoms with Crippen LogP contribution in [0.1, 0.15) is 41.0 Å². The van der Waals surface area contributed by atoms with Crippen LogP contribution >= 0.6 is 0 Å². The zero-order valence-electron chi connectivity index (χ0n) is 14.5. The fourth-order valence-electron chi connectivity index (χ4n) is 3.38. The molecule has 2 aromatic carbocycles. The molecule has 24 heavy (non-hydrogen) atoms. The molecule has 126 valence electrons. The molecule has 1 fully saturated rings. The third kappa shape index (κ3) is 3.97. The van der Waals surface area contributed by atoms with Gasteiger partial charge in [-0.2, -0.15) is 0 Å². The molecule has 0 radical (unpaired) electrons. The van der Waals surface area contributed by atoms with E-state index >= 15 is 0 Å². The summed E-state index contributed by atoms with van der Waals surface area (Å²) >= 11 is 0. The van der Waals surface area contributed by atoms with Gasteiger partial charge in [0.15, 0.2) is 0 Å². The Morgan fingerprint density at radius 1 is 1.08 bits per heavy atom. The van der Waals surface area contributed by atoms with E-state index in [0.717, 1.165) is 31.5 Å². The lowest BCUT2D eigenvalue weighted by atomic mass is 9.86. The number of piperidine rings is 1. The second kappa shape index (κ2) is 7.52. The van der Waals surface area contributed by atoms with Gasteiger partial charge in [0.25, 0.3) is 0 Å². The maximum absolute atomic E-state index is 12.2. The molecule has 1 aliphatic rings. The number of rotatable bonds is 3. The maximum atomic E-state index is 12.2. The van der Waals surface area contributed by atoms with Gasteiger partial charge >= 0.3 is 6.09 Å². The van der Waals surface area contributed by atoms with Crippen LogP contribution in [0.2, 0.25) is 0 Å². The van der Waals surface area contributed by atoms with Crippen molar-refractivity contribution in [3.8, 4) is 0 Å². The van der Waals surface area contributed by atoms with E-state index in [9.17, 15) is 4.79 Å². The quantitative estimate of drug-likeness (QED) is 0.810. The number of amides is 1. The number of benzene rings is 2. The van der Waals surface area contributed by atoms with E-state index in [0.29, 0.717) is 12.5 Å². The van der Waals surface area contributed by atoms with Crippen molar-refractivity contribution >= 4 is 6.09 Å². The SMILES string of the molecule is Cc1ccc(C)c(C2CCN(C(=O)OCc3ccccc3)CC2)c1. The molecule has 1 aliphatic heterocycles. The van der Waals surface area contributed by atoms with Gasteiger partial charge in [0.05, 0.1) is 0 Å². The lowest BCUT2D eigenvalue weighted by molar-refractivity contribution is 0.0870. The number of hydrogen-bond acceptors (Lipinski definition) is 2. The highest BCUT2D eigenvalue weighted by Crippen LogP contribution is 2.31. The first-order chi connectivity index (χ1) is 11.6. The molecule has 3 rings (SSSR count). The highest BCUT2D eigenvalue weighted by molar-refractivity contribution is 5.67. The Bertz CT molecular complexity index is 688. The fourth-order valence-corrected chi connectivity index (χ4v) is 3.38. The summed E-state index contributed by atoms with van der Waals surface area (Å²) in [5.41, 5.74) is 5.12. The van der Waals surface area contributed by atoms with Crippen molar-refractivity contribution in [3.63, 3.8) is 0 Å². The van der Waals surface area contributed by atoms with E-state index in [1.165, 1.54) is 16.7 Å². The Labute approximate surface area is 144 Å². The van der Waals surface area contributed by atoms with Crippen molar-refractivity contribution in [2.24, 2.45) is 0 Å². The van der Waals surface area contributed by atoms with Gasteiger partial charge in [0, 0.05) is 13.1 Å². The Hall–Kier alpha value is -2.29. The van der Waals surface area contributed by atoms with Gasteiger partial charge in [-0.05, 0) is 49.3 Å². The minimum atomic E-state index is -0.196. The van der Waals surface area contributed by atoms with Crippen molar-refractivity contribution < 1.29 is 9.53 Å². The third-order valence-corrected chi connectivity index (χ3v) is 4.83. The molecule has 1 amide bonds. The molecule has 3 heteroatoms. The topological polar surface area (TPSA) is 29.5 Å². The summed E-state index contributed by atoms with van der Waals surface area (Å²) in [5, 5.41) is 0. The first kappa shape index (κ1) is 16.6. The fraction of sp³-hybridized carbons (Fsp3) is 0.381. The number of nitrogens with zero attached hydrogens (tertiary/aromatic N) is 1. The second-order valence-electron chi connectivity index (χ2n) is 6.66. The smallest absolute Gasteiger partial charge is 0.410 e. The van der Waals surface area contributed by atoms with Gasteiger partial charge in [-0.1, -0.05) is 54.1 Å². The van der Waals surface area contributed by atoms with Crippen molar-refractivity contribution in [1.82, 2.24) is 4.90 Å². The summed E-state index contributed by atoms with van der Waals surface area (Å²) in [6.07, 6.45) is 1.81. The monoisotopic (exact) mass is 323 g/mol. The van der Waals surface area contributed by atoms with Gasteiger partial charge in [-0.15, -0.1) is 0 Å². The van der Waals surface area contributed by atoms with Crippen LogP contribution in [0.5, 0.6) is 0 Å². The van der Waals surface area contributed by atoms with Crippen LogP contribution < -0.4 is 0 Å². The van der Waals surface area contributed by atoms with Crippen LogP contribution in [-0.4, -0.2) is 24.1 Å². The molecule has 3 nitrogen and oxygen atoms in total. The first-order valence-corrected chi connectivity index (χ1v) is 8.66. The van der Waals surface area contributed by atoms with Gasteiger partial charge in [-0.25, -0.2) is 4.79 Å². The van der Waals surface area contributed by atoms with Crippen LogP contribution in [0.4, 0.5) is 4.79 Å². The molecule has 1 saturated heterocycles.